The van der Waals surface area contributed by atoms with Crippen LogP contribution in [0.3, 0.4) is 0 Å². The van der Waals surface area contributed by atoms with E-state index in [4.69, 9.17) is 18.9 Å². The molecule has 0 aliphatic carbocycles. The summed E-state index contributed by atoms with van der Waals surface area (Å²) in [6, 6.07) is 20.7. The zero-order chi connectivity index (χ0) is 38.4. The highest BCUT2D eigenvalue weighted by Gasteiger charge is 2.48. The van der Waals surface area contributed by atoms with Crippen LogP contribution in [0.1, 0.15) is 87.8 Å². The van der Waals surface area contributed by atoms with E-state index in [2.05, 4.69) is 11.8 Å². The summed E-state index contributed by atoms with van der Waals surface area (Å²) >= 11 is 0. The third-order valence-corrected chi connectivity index (χ3v) is 10.3. The first-order valence-corrected chi connectivity index (χ1v) is 19.7. The van der Waals surface area contributed by atoms with Crippen LogP contribution in [0.15, 0.2) is 72.8 Å². The van der Waals surface area contributed by atoms with Crippen molar-refractivity contribution in [2.24, 2.45) is 5.92 Å². The van der Waals surface area contributed by atoms with Gasteiger partial charge >= 0.3 is 11.9 Å². The van der Waals surface area contributed by atoms with Crippen LogP contribution < -0.4 is 4.90 Å². The Morgan fingerprint density at radius 3 is 2.17 bits per heavy atom. The lowest BCUT2D eigenvalue weighted by atomic mass is 9.78. The molecule has 5 rings (SSSR count). The van der Waals surface area contributed by atoms with Crippen LogP contribution in [0.4, 0.5) is 10.1 Å². The number of carbonyl (C=O) groups is 3. The first-order chi connectivity index (χ1) is 25.0. The Bertz CT molecular complexity index is 1940. The number of anilines is 1. The normalized spacial score (nSPS) is 19.7. The first kappa shape index (κ1) is 39.6. The molecule has 12 heteroatoms. The van der Waals surface area contributed by atoms with Gasteiger partial charge in [0.25, 0.3) is 0 Å². The van der Waals surface area contributed by atoms with Crippen LogP contribution in [0.25, 0.3) is 0 Å². The second-order valence-corrected chi connectivity index (χ2v) is 16.4. The van der Waals surface area contributed by atoms with Gasteiger partial charge in [-0.3, -0.25) is 14.4 Å². The fourth-order valence-electron chi connectivity index (χ4n) is 6.56. The van der Waals surface area contributed by atoms with E-state index in [1.54, 1.807) is 30.9 Å². The average Bonchev–Trinajstić information content (AvgIpc) is 3.09. The SMILES string of the molecule is CC(=O)O[C@@H](CCC1C(=O)N(c2ccc(CCCCS(C)(=O)=O)cc2)[C@@H]1c1ccc(C#CC2(OC(C)=O)COC(C)(C)OC2)cc1)c1ccc(F)cc1. The summed E-state index contributed by atoms with van der Waals surface area (Å²) in [5, 5.41) is 0. The summed E-state index contributed by atoms with van der Waals surface area (Å²) in [6.07, 6.45) is 3.35. The van der Waals surface area contributed by atoms with E-state index < -0.39 is 51.0 Å². The van der Waals surface area contributed by atoms with E-state index >= 15 is 0 Å². The number of β-lactam (4-membered cyclic amide) rings is 1. The van der Waals surface area contributed by atoms with Crippen molar-refractivity contribution >= 4 is 33.4 Å². The lowest BCUT2D eigenvalue weighted by Crippen LogP contribution is -2.55. The molecule has 53 heavy (non-hydrogen) atoms. The van der Waals surface area contributed by atoms with Crippen molar-refractivity contribution in [3.05, 3.63) is 101 Å². The fourth-order valence-corrected chi connectivity index (χ4v) is 7.29. The highest BCUT2D eigenvalue weighted by molar-refractivity contribution is 7.90. The van der Waals surface area contributed by atoms with Crippen LogP contribution >= 0.6 is 0 Å². The second kappa shape index (κ2) is 16.6. The molecule has 0 saturated carbocycles. The van der Waals surface area contributed by atoms with Crippen molar-refractivity contribution < 1.29 is 46.1 Å². The molecule has 3 atom stereocenters. The van der Waals surface area contributed by atoms with Gasteiger partial charge in [-0.05, 0) is 105 Å². The molecule has 0 aromatic heterocycles. The van der Waals surface area contributed by atoms with Gasteiger partial charge in [-0.1, -0.05) is 42.3 Å². The lowest BCUT2D eigenvalue weighted by Gasteiger charge is -2.48. The Hall–Kier alpha value is -4.57. The summed E-state index contributed by atoms with van der Waals surface area (Å²) in [5.74, 6) is 3.56. The van der Waals surface area contributed by atoms with Gasteiger partial charge in [0.2, 0.25) is 11.5 Å². The number of ether oxygens (including phenoxy) is 4. The van der Waals surface area contributed by atoms with Crippen LogP contribution in [-0.4, -0.2) is 62.9 Å². The van der Waals surface area contributed by atoms with Crippen LogP contribution in [0.5, 0.6) is 0 Å². The average molecular weight is 748 g/mol. The molecule has 2 heterocycles. The second-order valence-electron chi connectivity index (χ2n) is 14.2. The third kappa shape index (κ3) is 10.7. The summed E-state index contributed by atoms with van der Waals surface area (Å²) in [6.45, 7) is 6.28. The van der Waals surface area contributed by atoms with E-state index in [-0.39, 0.29) is 30.9 Å². The topological polar surface area (TPSA) is 126 Å². The van der Waals surface area contributed by atoms with Gasteiger partial charge < -0.3 is 23.8 Å². The Labute approximate surface area is 310 Å². The maximum Gasteiger partial charge on any atom is 0.304 e. The van der Waals surface area contributed by atoms with Gasteiger partial charge in [0.05, 0.1) is 12.0 Å². The molecule has 3 aromatic rings. The molecule has 10 nitrogen and oxygen atoms in total. The predicted octanol–water partition coefficient (Wildman–Crippen LogP) is 6.42. The number of carbonyl (C=O) groups excluding carboxylic acids is 3. The minimum atomic E-state index is -3.01. The van der Waals surface area contributed by atoms with Gasteiger partial charge in [0.15, 0.2) is 5.79 Å². The van der Waals surface area contributed by atoms with Crippen LogP contribution in [-0.2, 0) is 49.6 Å². The highest BCUT2D eigenvalue weighted by Crippen LogP contribution is 2.46. The van der Waals surface area contributed by atoms with Gasteiger partial charge in [-0.15, -0.1) is 0 Å². The van der Waals surface area contributed by atoms with Crippen molar-refractivity contribution in [2.75, 3.05) is 30.1 Å². The number of rotatable bonds is 13. The van der Waals surface area contributed by atoms with Gasteiger partial charge in [-0.2, -0.15) is 0 Å². The summed E-state index contributed by atoms with van der Waals surface area (Å²) in [5.41, 5.74) is 2.67. The van der Waals surface area contributed by atoms with E-state index in [1.165, 1.54) is 32.2 Å². The molecule has 2 fully saturated rings. The number of benzene rings is 3. The molecule has 0 spiro atoms. The Balaban J connectivity index is 1.38. The van der Waals surface area contributed by atoms with Gasteiger partial charge in [0, 0.05) is 37.1 Å². The van der Waals surface area contributed by atoms with Gasteiger partial charge in [0.1, 0.15) is 35.0 Å². The molecule has 2 aliphatic rings. The molecule has 0 radical (unpaired) electrons. The molecule has 0 N–H and O–H groups in total. The molecule has 2 saturated heterocycles. The van der Waals surface area contributed by atoms with Crippen molar-refractivity contribution in [3.63, 3.8) is 0 Å². The van der Waals surface area contributed by atoms with Gasteiger partial charge in [-0.25, -0.2) is 12.8 Å². The third-order valence-electron chi connectivity index (χ3n) is 9.28. The van der Waals surface area contributed by atoms with Crippen LogP contribution in [0.2, 0.25) is 0 Å². The number of nitrogens with zero attached hydrogens (tertiary/aromatic N) is 1. The zero-order valence-corrected chi connectivity index (χ0v) is 31.5. The number of hydrogen-bond donors (Lipinski definition) is 0. The largest absolute Gasteiger partial charge is 0.458 e. The maximum absolute atomic E-state index is 13.9. The summed E-state index contributed by atoms with van der Waals surface area (Å²) in [4.78, 5) is 39.6. The molecule has 1 unspecified atom stereocenters. The molecular formula is C41H46FNO9S. The minimum Gasteiger partial charge on any atom is -0.458 e. The minimum absolute atomic E-state index is 0.0528. The van der Waals surface area contributed by atoms with Crippen LogP contribution in [0, 0.1) is 23.6 Å². The molecule has 0 bridgehead atoms. The standard InChI is InChI=1S/C41H46FNO9S/c1-28(44)51-37(32-15-17-34(42)18-16-32)22-21-36-38(43(39(36)46)35-19-11-30(12-20-35)8-6-7-25-53(5,47)48)33-13-9-31(10-14-33)23-24-41(52-29(2)45)26-49-40(3,4)50-27-41/h9-20,36-38H,6-8,21-22,25-27H2,1-5H3/t36?,37-,38+/m0/s1. The number of unbranched alkanes of at least 4 members (excludes halogenated alkanes) is 1. The quantitative estimate of drug-likeness (QED) is 0.0844. The number of amides is 1. The number of sulfone groups is 1. The van der Waals surface area contributed by atoms with E-state index in [0.717, 1.165) is 23.2 Å². The number of halogens is 1. The molecule has 3 aromatic carbocycles. The molecule has 1 amide bonds. The summed E-state index contributed by atoms with van der Waals surface area (Å²) < 4.78 is 59.3. The molecular weight excluding hydrogens is 702 g/mol. The predicted molar refractivity (Wildman–Crippen MR) is 197 cm³/mol. The smallest absolute Gasteiger partial charge is 0.304 e. The number of hydrogen-bond acceptors (Lipinski definition) is 9. The zero-order valence-electron chi connectivity index (χ0n) is 30.7. The van der Waals surface area contributed by atoms with Crippen molar-refractivity contribution in [1.29, 1.82) is 0 Å². The van der Waals surface area contributed by atoms with E-state index in [9.17, 15) is 27.2 Å². The van der Waals surface area contributed by atoms with Crippen molar-refractivity contribution in [3.8, 4) is 11.8 Å². The number of esters is 2. The Morgan fingerprint density at radius 1 is 0.943 bits per heavy atom. The number of aryl methyl sites for hydroxylation is 1. The fraction of sp³-hybridized carbons (Fsp3) is 0.439. The summed E-state index contributed by atoms with van der Waals surface area (Å²) in [7, 11) is -3.01. The monoisotopic (exact) mass is 747 g/mol. The highest BCUT2D eigenvalue weighted by atomic mass is 32.2. The Morgan fingerprint density at radius 2 is 1.58 bits per heavy atom. The molecule has 282 valence electrons. The maximum atomic E-state index is 13.9. The van der Waals surface area contributed by atoms with Crippen molar-refractivity contribution in [2.45, 2.75) is 83.3 Å². The first-order valence-electron chi connectivity index (χ1n) is 17.7. The Kier molecular flexibility index (Phi) is 12.4. The van der Waals surface area contributed by atoms with Crippen molar-refractivity contribution in [1.82, 2.24) is 0 Å². The lowest BCUT2D eigenvalue weighted by molar-refractivity contribution is -0.291. The van der Waals surface area contributed by atoms with E-state index in [0.29, 0.717) is 36.8 Å². The van der Waals surface area contributed by atoms with E-state index in [1.807, 2.05) is 48.5 Å². The molecule has 2 aliphatic heterocycles.